The van der Waals surface area contributed by atoms with Gasteiger partial charge in [0.25, 0.3) is 0 Å². The third-order valence-corrected chi connectivity index (χ3v) is 3.81. The highest BCUT2D eigenvalue weighted by atomic mass is 16.3. The summed E-state index contributed by atoms with van der Waals surface area (Å²) in [5.41, 5.74) is 3.50. The van der Waals surface area contributed by atoms with Crippen LogP contribution in [-0.2, 0) is 13.6 Å². The molecule has 0 amide bonds. The van der Waals surface area contributed by atoms with Crippen molar-refractivity contribution in [2.45, 2.75) is 19.9 Å². The first-order valence-corrected chi connectivity index (χ1v) is 7.11. The number of imidazole rings is 1. The van der Waals surface area contributed by atoms with Gasteiger partial charge >= 0.3 is 5.69 Å². The lowest BCUT2D eigenvalue weighted by Gasteiger charge is -2.06. The fraction of sp³-hybridized carbons (Fsp3) is 0.235. The SMILES string of the molecule is CCCn1c(=O)n(C)c2cc(-c3ccccc3O)ccc21. The van der Waals surface area contributed by atoms with Gasteiger partial charge in [-0.2, -0.15) is 0 Å². The van der Waals surface area contributed by atoms with E-state index in [4.69, 9.17) is 0 Å². The van der Waals surface area contributed by atoms with Crippen molar-refractivity contribution in [2.24, 2.45) is 7.05 Å². The van der Waals surface area contributed by atoms with Crippen molar-refractivity contribution in [3.8, 4) is 16.9 Å². The van der Waals surface area contributed by atoms with Crippen LogP contribution in [0.3, 0.4) is 0 Å². The van der Waals surface area contributed by atoms with Crippen molar-refractivity contribution in [3.63, 3.8) is 0 Å². The average molecular weight is 282 g/mol. The highest BCUT2D eigenvalue weighted by Gasteiger charge is 2.12. The molecule has 1 N–H and O–H groups in total. The highest BCUT2D eigenvalue weighted by Crippen LogP contribution is 2.30. The van der Waals surface area contributed by atoms with Gasteiger partial charge in [0, 0.05) is 19.2 Å². The Kier molecular flexibility index (Phi) is 3.29. The second-order valence-electron chi connectivity index (χ2n) is 5.21. The van der Waals surface area contributed by atoms with E-state index in [0.717, 1.165) is 28.6 Å². The predicted molar refractivity (Wildman–Crippen MR) is 84.6 cm³/mol. The number of rotatable bonds is 3. The first-order valence-electron chi connectivity index (χ1n) is 7.11. The van der Waals surface area contributed by atoms with E-state index in [0.29, 0.717) is 6.54 Å². The Labute approximate surface area is 122 Å². The highest BCUT2D eigenvalue weighted by molar-refractivity contribution is 5.84. The summed E-state index contributed by atoms with van der Waals surface area (Å²) in [6.07, 6.45) is 0.917. The van der Waals surface area contributed by atoms with Crippen molar-refractivity contribution in [1.82, 2.24) is 9.13 Å². The molecule has 0 unspecified atom stereocenters. The van der Waals surface area contributed by atoms with E-state index in [2.05, 4.69) is 6.92 Å². The van der Waals surface area contributed by atoms with Crippen LogP contribution in [0.2, 0.25) is 0 Å². The van der Waals surface area contributed by atoms with Gasteiger partial charge in [0.1, 0.15) is 5.75 Å². The minimum atomic E-state index is 0.00119. The maximum absolute atomic E-state index is 12.3. The molecule has 3 rings (SSSR count). The number of hydrogen-bond acceptors (Lipinski definition) is 2. The normalized spacial score (nSPS) is 11.1. The van der Waals surface area contributed by atoms with Gasteiger partial charge in [-0.15, -0.1) is 0 Å². The summed E-state index contributed by atoms with van der Waals surface area (Å²) in [6.45, 7) is 2.77. The Hall–Kier alpha value is -2.49. The zero-order valence-corrected chi connectivity index (χ0v) is 12.2. The lowest BCUT2D eigenvalue weighted by Crippen LogP contribution is -2.21. The Bertz CT molecular complexity index is 859. The molecule has 0 saturated heterocycles. The third-order valence-electron chi connectivity index (χ3n) is 3.81. The molecule has 1 aromatic heterocycles. The summed E-state index contributed by atoms with van der Waals surface area (Å²) in [4.78, 5) is 12.3. The van der Waals surface area contributed by atoms with Gasteiger partial charge in [0.15, 0.2) is 0 Å². The van der Waals surface area contributed by atoms with E-state index in [-0.39, 0.29) is 11.4 Å². The van der Waals surface area contributed by atoms with Gasteiger partial charge in [-0.05, 0) is 30.2 Å². The summed E-state index contributed by atoms with van der Waals surface area (Å²) in [5.74, 6) is 0.245. The van der Waals surface area contributed by atoms with Gasteiger partial charge in [-0.25, -0.2) is 4.79 Å². The Morgan fingerprint density at radius 2 is 1.86 bits per heavy atom. The molecule has 0 saturated carbocycles. The fourth-order valence-electron chi connectivity index (χ4n) is 2.73. The molecule has 4 nitrogen and oxygen atoms in total. The van der Waals surface area contributed by atoms with Crippen LogP contribution in [0.1, 0.15) is 13.3 Å². The number of benzene rings is 2. The molecule has 0 bridgehead atoms. The number of aromatic nitrogens is 2. The first-order chi connectivity index (χ1) is 10.1. The standard InChI is InChI=1S/C17H18N2O2/c1-3-10-19-14-9-8-12(11-15(14)18(2)17(19)21)13-6-4-5-7-16(13)20/h4-9,11,20H,3,10H2,1-2H3. The molecular formula is C17H18N2O2. The molecule has 0 aliphatic carbocycles. The molecular weight excluding hydrogens is 264 g/mol. The number of phenols is 1. The van der Waals surface area contributed by atoms with Crippen LogP contribution in [0.4, 0.5) is 0 Å². The molecule has 0 aliphatic heterocycles. The molecule has 108 valence electrons. The van der Waals surface area contributed by atoms with Gasteiger partial charge in [0.2, 0.25) is 0 Å². The number of phenolic OH excluding ortho intramolecular Hbond substituents is 1. The largest absolute Gasteiger partial charge is 0.507 e. The Morgan fingerprint density at radius 3 is 2.57 bits per heavy atom. The fourth-order valence-corrected chi connectivity index (χ4v) is 2.73. The minimum Gasteiger partial charge on any atom is -0.507 e. The quantitative estimate of drug-likeness (QED) is 0.802. The lowest BCUT2D eigenvalue weighted by atomic mass is 10.0. The second kappa shape index (κ2) is 5.13. The monoisotopic (exact) mass is 282 g/mol. The molecule has 21 heavy (non-hydrogen) atoms. The van der Waals surface area contributed by atoms with Crippen molar-refractivity contribution in [2.75, 3.05) is 0 Å². The molecule has 2 aromatic carbocycles. The van der Waals surface area contributed by atoms with E-state index in [9.17, 15) is 9.90 Å². The van der Waals surface area contributed by atoms with Crippen molar-refractivity contribution >= 4 is 11.0 Å². The van der Waals surface area contributed by atoms with Crippen molar-refractivity contribution < 1.29 is 5.11 Å². The van der Waals surface area contributed by atoms with Gasteiger partial charge in [-0.3, -0.25) is 9.13 Å². The number of aromatic hydroxyl groups is 1. The number of aryl methyl sites for hydroxylation is 2. The average Bonchev–Trinajstić information content (AvgIpc) is 2.73. The topological polar surface area (TPSA) is 47.2 Å². The van der Waals surface area contributed by atoms with E-state index >= 15 is 0 Å². The smallest absolute Gasteiger partial charge is 0.328 e. The number of fused-ring (bicyclic) bond motifs is 1. The zero-order valence-electron chi connectivity index (χ0n) is 12.2. The van der Waals surface area contributed by atoms with E-state index in [1.54, 1.807) is 28.3 Å². The van der Waals surface area contributed by atoms with Gasteiger partial charge < -0.3 is 5.11 Å². The minimum absolute atomic E-state index is 0.00119. The lowest BCUT2D eigenvalue weighted by molar-refractivity contribution is 0.477. The molecule has 4 heteroatoms. The Morgan fingerprint density at radius 1 is 1.10 bits per heavy atom. The maximum Gasteiger partial charge on any atom is 0.328 e. The van der Waals surface area contributed by atoms with Crippen LogP contribution in [0.25, 0.3) is 22.2 Å². The van der Waals surface area contributed by atoms with Crippen molar-refractivity contribution in [1.29, 1.82) is 0 Å². The summed E-state index contributed by atoms with van der Waals surface area (Å²) < 4.78 is 3.46. The molecule has 0 radical (unpaired) electrons. The van der Waals surface area contributed by atoms with Crippen LogP contribution in [0, 0.1) is 0 Å². The van der Waals surface area contributed by atoms with Crippen LogP contribution in [0.5, 0.6) is 5.75 Å². The van der Waals surface area contributed by atoms with Crippen LogP contribution >= 0.6 is 0 Å². The third kappa shape index (κ3) is 2.13. The summed E-state index contributed by atoms with van der Waals surface area (Å²) >= 11 is 0. The maximum atomic E-state index is 12.3. The molecule has 3 aromatic rings. The van der Waals surface area contributed by atoms with Crippen LogP contribution < -0.4 is 5.69 Å². The van der Waals surface area contributed by atoms with Crippen LogP contribution in [-0.4, -0.2) is 14.2 Å². The molecule has 0 spiro atoms. The summed E-state index contributed by atoms with van der Waals surface area (Å²) in [5, 5.41) is 9.98. The van der Waals surface area contributed by atoms with E-state index < -0.39 is 0 Å². The summed E-state index contributed by atoms with van der Waals surface area (Å²) in [6, 6.07) is 13.1. The first kappa shape index (κ1) is 13.5. The predicted octanol–water partition coefficient (Wildman–Crippen LogP) is 3.12. The number of para-hydroxylation sites is 1. The molecule has 0 fully saturated rings. The molecule has 0 aliphatic rings. The second-order valence-corrected chi connectivity index (χ2v) is 5.21. The van der Waals surface area contributed by atoms with Crippen LogP contribution in [0.15, 0.2) is 47.3 Å². The number of nitrogens with zero attached hydrogens (tertiary/aromatic N) is 2. The van der Waals surface area contributed by atoms with Crippen molar-refractivity contribution in [3.05, 3.63) is 52.9 Å². The number of hydrogen-bond donors (Lipinski definition) is 1. The Balaban J connectivity index is 2.24. The molecule has 0 atom stereocenters. The zero-order chi connectivity index (χ0) is 15.0. The van der Waals surface area contributed by atoms with Gasteiger partial charge in [-0.1, -0.05) is 31.2 Å². The molecule has 1 heterocycles. The van der Waals surface area contributed by atoms with Gasteiger partial charge in [0.05, 0.1) is 11.0 Å². The van der Waals surface area contributed by atoms with E-state index in [1.165, 1.54) is 0 Å². The summed E-state index contributed by atoms with van der Waals surface area (Å²) in [7, 11) is 1.78. The van der Waals surface area contributed by atoms with E-state index in [1.807, 2.05) is 30.3 Å².